The van der Waals surface area contributed by atoms with Crippen LogP contribution in [-0.2, 0) is 9.59 Å². The van der Waals surface area contributed by atoms with Crippen molar-refractivity contribution in [2.24, 2.45) is 4.99 Å². The van der Waals surface area contributed by atoms with Gasteiger partial charge in [-0.3, -0.25) is 14.6 Å². The van der Waals surface area contributed by atoms with Crippen LogP contribution in [0.4, 0.5) is 5.69 Å². The third-order valence-electron chi connectivity index (χ3n) is 3.19. The van der Waals surface area contributed by atoms with Crippen molar-refractivity contribution < 1.29 is 9.59 Å². The molecule has 2 rings (SSSR count). The fourth-order valence-electron chi connectivity index (χ4n) is 2.13. The molecule has 2 N–H and O–H groups in total. The number of anilines is 1. The first kappa shape index (κ1) is 15.6. The van der Waals surface area contributed by atoms with Gasteiger partial charge in [-0.2, -0.15) is 0 Å². The lowest BCUT2D eigenvalue weighted by Crippen LogP contribution is -2.28. The van der Waals surface area contributed by atoms with Gasteiger partial charge >= 0.3 is 0 Å². The average Bonchev–Trinajstić information content (AvgIpc) is 2.75. The number of thioether (sulfide) groups is 1. The molecule has 5 nitrogen and oxygen atoms in total. The molecule has 0 unspecified atom stereocenters. The molecule has 1 aromatic rings. The van der Waals surface area contributed by atoms with E-state index in [9.17, 15) is 9.59 Å². The van der Waals surface area contributed by atoms with Gasteiger partial charge in [0, 0.05) is 18.7 Å². The molecule has 0 aromatic heterocycles. The summed E-state index contributed by atoms with van der Waals surface area (Å²) >= 11 is 1.32. The van der Waals surface area contributed by atoms with Crippen molar-refractivity contribution in [2.75, 3.05) is 11.9 Å². The van der Waals surface area contributed by atoms with Crippen LogP contribution in [0.1, 0.15) is 24.5 Å². The van der Waals surface area contributed by atoms with Gasteiger partial charge in [-0.1, -0.05) is 30.0 Å². The molecular formula is C15H19N3O2S. The molecule has 1 aliphatic heterocycles. The van der Waals surface area contributed by atoms with Gasteiger partial charge in [-0.25, -0.2) is 0 Å². The Bertz CT molecular complexity index is 578. The maximum absolute atomic E-state index is 12.1. The second kappa shape index (κ2) is 6.76. The molecule has 0 radical (unpaired) electrons. The Hall–Kier alpha value is -1.82. The van der Waals surface area contributed by atoms with Crippen molar-refractivity contribution in [3.05, 3.63) is 29.3 Å². The normalized spacial score (nSPS) is 19.7. The second-order valence-electron chi connectivity index (χ2n) is 4.89. The number of rotatable bonds is 4. The van der Waals surface area contributed by atoms with Crippen LogP contribution >= 0.6 is 11.8 Å². The Kier molecular flexibility index (Phi) is 5.01. The van der Waals surface area contributed by atoms with Gasteiger partial charge in [0.1, 0.15) is 5.25 Å². The maximum atomic E-state index is 12.1. The van der Waals surface area contributed by atoms with Crippen molar-refractivity contribution in [3.63, 3.8) is 0 Å². The zero-order valence-corrected chi connectivity index (χ0v) is 13.2. The van der Waals surface area contributed by atoms with E-state index in [1.807, 2.05) is 39.0 Å². The Morgan fingerprint density at radius 3 is 2.67 bits per heavy atom. The number of aliphatic imine (C=N–C) groups is 1. The van der Waals surface area contributed by atoms with E-state index in [1.165, 1.54) is 11.8 Å². The largest absolute Gasteiger partial charge is 0.326 e. The summed E-state index contributed by atoms with van der Waals surface area (Å²) in [4.78, 5) is 28.1. The minimum Gasteiger partial charge on any atom is -0.326 e. The number of amidine groups is 1. The van der Waals surface area contributed by atoms with E-state index in [0.717, 1.165) is 16.8 Å². The van der Waals surface area contributed by atoms with Crippen LogP contribution in [0, 0.1) is 13.8 Å². The van der Waals surface area contributed by atoms with E-state index >= 15 is 0 Å². The monoisotopic (exact) mass is 305 g/mol. The highest BCUT2D eigenvalue weighted by atomic mass is 32.2. The topological polar surface area (TPSA) is 70.6 Å². The van der Waals surface area contributed by atoms with Gasteiger partial charge in [-0.15, -0.1) is 0 Å². The number of carbonyl (C=O) groups excluding carboxylic acids is 2. The average molecular weight is 305 g/mol. The van der Waals surface area contributed by atoms with E-state index in [4.69, 9.17) is 0 Å². The number of aryl methyl sites for hydroxylation is 2. The van der Waals surface area contributed by atoms with Gasteiger partial charge in [0.2, 0.25) is 11.8 Å². The lowest BCUT2D eigenvalue weighted by atomic mass is 10.1. The van der Waals surface area contributed by atoms with Crippen LogP contribution in [0.25, 0.3) is 0 Å². The predicted octanol–water partition coefficient (Wildman–Crippen LogP) is 2.24. The predicted molar refractivity (Wildman–Crippen MR) is 86.7 cm³/mol. The van der Waals surface area contributed by atoms with Crippen LogP contribution in [-0.4, -0.2) is 28.8 Å². The molecule has 1 atom stereocenters. The van der Waals surface area contributed by atoms with Crippen LogP contribution in [0.2, 0.25) is 0 Å². The SMILES string of the molecule is CCN=C1NC(=O)[C@H](CC(=O)Nc2c(C)cccc2C)S1. The molecule has 1 heterocycles. The molecule has 21 heavy (non-hydrogen) atoms. The first-order chi connectivity index (χ1) is 10.0. The highest BCUT2D eigenvalue weighted by molar-refractivity contribution is 8.15. The Morgan fingerprint density at radius 1 is 1.38 bits per heavy atom. The lowest BCUT2D eigenvalue weighted by Gasteiger charge is -2.12. The Balaban J connectivity index is 2.00. The number of hydrogen-bond acceptors (Lipinski definition) is 4. The Morgan fingerprint density at radius 2 is 2.05 bits per heavy atom. The number of nitrogens with one attached hydrogen (secondary N) is 2. The van der Waals surface area contributed by atoms with E-state index in [-0.39, 0.29) is 18.2 Å². The molecule has 0 saturated carbocycles. The molecule has 0 bridgehead atoms. The molecule has 112 valence electrons. The molecule has 1 aliphatic rings. The van der Waals surface area contributed by atoms with Crippen molar-refractivity contribution in [3.8, 4) is 0 Å². The fraction of sp³-hybridized carbons (Fsp3) is 0.400. The maximum Gasteiger partial charge on any atom is 0.240 e. The van der Waals surface area contributed by atoms with Gasteiger partial charge in [0.15, 0.2) is 5.17 Å². The summed E-state index contributed by atoms with van der Waals surface area (Å²) in [5, 5.41) is 5.79. The van der Waals surface area contributed by atoms with Crippen molar-refractivity contribution in [1.82, 2.24) is 5.32 Å². The fourth-order valence-corrected chi connectivity index (χ4v) is 3.16. The molecule has 1 saturated heterocycles. The molecule has 1 fully saturated rings. The van der Waals surface area contributed by atoms with Gasteiger partial charge in [0.25, 0.3) is 0 Å². The zero-order chi connectivity index (χ0) is 15.4. The summed E-state index contributed by atoms with van der Waals surface area (Å²) in [7, 11) is 0. The number of hydrogen-bond donors (Lipinski definition) is 2. The quantitative estimate of drug-likeness (QED) is 0.896. The summed E-state index contributed by atoms with van der Waals surface area (Å²) < 4.78 is 0. The van der Waals surface area contributed by atoms with E-state index in [2.05, 4.69) is 15.6 Å². The van der Waals surface area contributed by atoms with Crippen LogP contribution in [0.5, 0.6) is 0 Å². The molecular weight excluding hydrogens is 286 g/mol. The van der Waals surface area contributed by atoms with E-state index in [1.54, 1.807) is 0 Å². The number of nitrogens with zero attached hydrogens (tertiary/aromatic N) is 1. The second-order valence-corrected chi connectivity index (χ2v) is 6.09. The molecule has 0 spiro atoms. The van der Waals surface area contributed by atoms with Crippen LogP contribution < -0.4 is 10.6 Å². The van der Waals surface area contributed by atoms with Crippen molar-refractivity contribution >= 4 is 34.4 Å². The standard InChI is InChI=1S/C15H19N3O2S/c1-4-16-15-18-14(20)11(21-15)8-12(19)17-13-9(2)6-5-7-10(13)3/h5-7,11H,4,8H2,1-3H3,(H,17,19)(H,16,18,20)/t11-/m0/s1. The summed E-state index contributed by atoms with van der Waals surface area (Å²) in [5.74, 6) is -0.304. The van der Waals surface area contributed by atoms with Crippen molar-refractivity contribution in [1.29, 1.82) is 0 Å². The van der Waals surface area contributed by atoms with Crippen LogP contribution in [0.3, 0.4) is 0 Å². The smallest absolute Gasteiger partial charge is 0.240 e. The molecule has 0 aliphatic carbocycles. The number of benzene rings is 1. The summed E-state index contributed by atoms with van der Waals surface area (Å²) in [6.07, 6.45) is 0.146. The number of amides is 2. The highest BCUT2D eigenvalue weighted by Crippen LogP contribution is 2.24. The van der Waals surface area contributed by atoms with Gasteiger partial charge in [0.05, 0.1) is 0 Å². The zero-order valence-electron chi connectivity index (χ0n) is 12.4. The first-order valence-electron chi connectivity index (χ1n) is 6.89. The molecule has 2 amide bonds. The molecule has 6 heteroatoms. The highest BCUT2D eigenvalue weighted by Gasteiger charge is 2.31. The van der Waals surface area contributed by atoms with Crippen LogP contribution in [0.15, 0.2) is 23.2 Å². The summed E-state index contributed by atoms with van der Waals surface area (Å²) in [6, 6.07) is 5.85. The Labute approximate surface area is 128 Å². The minimum atomic E-state index is -0.403. The van der Waals surface area contributed by atoms with Gasteiger partial charge in [-0.05, 0) is 31.9 Å². The minimum absolute atomic E-state index is 0.146. The summed E-state index contributed by atoms with van der Waals surface area (Å²) in [5.41, 5.74) is 2.86. The number of carbonyl (C=O) groups is 2. The lowest BCUT2D eigenvalue weighted by molar-refractivity contribution is -0.122. The van der Waals surface area contributed by atoms with Crippen molar-refractivity contribution in [2.45, 2.75) is 32.4 Å². The number of para-hydroxylation sites is 1. The third-order valence-corrected chi connectivity index (χ3v) is 4.31. The van der Waals surface area contributed by atoms with E-state index < -0.39 is 5.25 Å². The molecule has 1 aromatic carbocycles. The first-order valence-corrected chi connectivity index (χ1v) is 7.77. The van der Waals surface area contributed by atoms with Gasteiger partial charge < -0.3 is 10.6 Å². The third kappa shape index (κ3) is 3.85. The van der Waals surface area contributed by atoms with E-state index in [0.29, 0.717) is 11.7 Å². The summed E-state index contributed by atoms with van der Waals surface area (Å²) in [6.45, 7) is 6.42.